The Morgan fingerprint density at radius 1 is 1.18 bits per heavy atom. The molecule has 0 heterocycles. The summed E-state index contributed by atoms with van der Waals surface area (Å²) >= 11 is 0. The summed E-state index contributed by atoms with van der Waals surface area (Å²) in [5.74, 6) is 1.14. The maximum atomic E-state index is 9.78. The van der Waals surface area contributed by atoms with Gasteiger partial charge in [0.25, 0.3) is 0 Å². The van der Waals surface area contributed by atoms with Gasteiger partial charge in [0.05, 0.1) is 33.8 Å². The fourth-order valence-corrected chi connectivity index (χ4v) is 1.71. The Morgan fingerprint density at radius 3 is 2.47 bits per heavy atom. The Labute approximate surface area is 103 Å². The number of hydrogen-bond donors (Lipinski definition) is 3. The fraction of sp³-hybridized carbons (Fsp3) is 0.538. The first-order valence-electron chi connectivity index (χ1n) is 5.99. The van der Waals surface area contributed by atoms with Crippen LogP contribution < -0.4 is 14.5 Å². The number of rotatable bonds is 6. The minimum Gasteiger partial charge on any atom is -0.507 e. The zero-order valence-electron chi connectivity index (χ0n) is 11.2. The second-order valence-electron chi connectivity index (χ2n) is 4.84. The van der Waals surface area contributed by atoms with E-state index in [9.17, 15) is 5.11 Å². The molecule has 0 aliphatic carbocycles. The van der Waals surface area contributed by atoms with Gasteiger partial charge in [-0.2, -0.15) is 0 Å². The third-order valence-electron chi connectivity index (χ3n) is 2.83. The van der Waals surface area contributed by atoms with E-state index >= 15 is 0 Å². The molecule has 0 radical (unpaired) electrons. The number of ether oxygens (including phenoxy) is 1. The van der Waals surface area contributed by atoms with Crippen molar-refractivity contribution in [1.29, 1.82) is 0 Å². The third-order valence-corrected chi connectivity index (χ3v) is 2.83. The van der Waals surface area contributed by atoms with Crippen LogP contribution in [0.1, 0.15) is 5.56 Å². The summed E-state index contributed by atoms with van der Waals surface area (Å²) in [6.45, 7) is 3.02. The molecule has 0 amide bonds. The molecule has 0 spiro atoms. The van der Waals surface area contributed by atoms with Crippen molar-refractivity contribution in [3.05, 3.63) is 23.8 Å². The van der Waals surface area contributed by atoms with Crippen LogP contribution in [0.4, 0.5) is 0 Å². The van der Waals surface area contributed by atoms with Gasteiger partial charge in [0, 0.05) is 0 Å². The van der Waals surface area contributed by atoms with Crippen molar-refractivity contribution in [2.24, 2.45) is 0 Å². The minimum atomic E-state index is 0.349. The summed E-state index contributed by atoms with van der Waals surface area (Å²) in [4.78, 5) is 2.83. The van der Waals surface area contributed by atoms with Crippen molar-refractivity contribution >= 4 is 0 Å². The zero-order valence-corrected chi connectivity index (χ0v) is 11.2. The highest BCUT2D eigenvalue weighted by atomic mass is 16.5. The van der Waals surface area contributed by atoms with Crippen molar-refractivity contribution in [2.75, 3.05) is 41.3 Å². The molecule has 1 rings (SSSR count). The van der Waals surface area contributed by atoms with E-state index in [1.165, 1.54) is 9.80 Å². The molecule has 0 bridgehead atoms. The maximum Gasteiger partial charge on any atom is 0.127 e. The Balaban J connectivity index is 2.60. The minimum absolute atomic E-state index is 0.349. The highest BCUT2D eigenvalue weighted by molar-refractivity contribution is 5.38. The predicted octanol–water partition coefficient (Wildman–Crippen LogP) is -1.44. The SMILES string of the molecule is COc1ccc(O)c(C[NH+](C)CC[NH+](C)C)c1. The van der Waals surface area contributed by atoms with Crippen LogP contribution >= 0.6 is 0 Å². The maximum absolute atomic E-state index is 9.78. The molecule has 0 saturated carbocycles. The van der Waals surface area contributed by atoms with Gasteiger partial charge in [0.2, 0.25) is 0 Å². The molecule has 0 aliphatic heterocycles. The highest BCUT2D eigenvalue weighted by Crippen LogP contribution is 2.21. The van der Waals surface area contributed by atoms with Gasteiger partial charge >= 0.3 is 0 Å². The number of likely N-dealkylation sites (N-methyl/N-ethyl adjacent to an activating group) is 2. The van der Waals surface area contributed by atoms with E-state index in [2.05, 4.69) is 21.1 Å². The molecule has 1 aromatic rings. The lowest BCUT2D eigenvalue weighted by Crippen LogP contribution is -3.15. The lowest BCUT2D eigenvalue weighted by atomic mass is 10.2. The van der Waals surface area contributed by atoms with Gasteiger partial charge in [-0.1, -0.05) is 0 Å². The van der Waals surface area contributed by atoms with Crippen LogP contribution in [0.3, 0.4) is 0 Å². The third kappa shape index (κ3) is 4.63. The van der Waals surface area contributed by atoms with Crippen molar-refractivity contribution in [3.8, 4) is 11.5 Å². The van der Waals surface area contributed by atoms with E-state index < -0.39 is 0 Å². The second kappa shape index (κ2) is 6.47. The molecular formula is C13H24N2O2+2. The van der Waals surface area contributed by atoms with Gasteiger partial charge in [0.1, 0.15) is 31.1 Å². The van der Waals surface area contributed by atoms with Crippen LogP contribution in [0.2, 0.25) is 0 Å². The molecule has 1 unspecified atom stereocenters. The Kier molecular flexibility index (Phi) is 5.25. The van der Waals surface area contributed by atoms with Gasteiger partial charge < -0.3 is 19.6 Å². The molecule has 4 nitrogen and oxygen atoms in total. The molecule has 0 aliphatic rings. The normalized spacial score (nSPS) is 12.8. The largest absolute Gasteiger partial charge is 0.507 e. The van der Waals surface area contributed by atoms with Crippen molar-refractivity contribution in [3.63, 3.8) is 0 Å². The summed E-state index contributed by atoms with van der Waals surface area (Å²) in [5, 5.41) is 9.78. The van der Waals surface area contributed by atoms with Gasteiger partial charge in [-0.3, -0.25) is 0 Å². The average molecular weight is 240 g/mol. The van der Waals surface area contributed by atoms with Crippen LogP contribution in [0.15, 0.2) is 18.2 Å². The molecule has 17 heavy (non-hydrogen) atoms. The lowest BCUT2D eigenvalue weighted by Gasteiger charge is -2.16. The number of benzene rings is 1. The summed E-state index contributed by atoms with van der Waals surface area (Å²) < 4.78 is 5.17. The standard InChI is InChI=1S/C13H22N2O2/c1-14(2)7-8-15(3)10-11-9-12(17-4)5-6-13(11)16/h5-6,9,16H,7-8,10H2,1-4H3/p+2. The monoisotopic (exact) mass is 240 g/mol. The predicted molar refractivity (Wildman–Crippen MR) is 67.8 cm³/mol. The topological polar surface area (TPSA) is 38.3 Å². The lowest BCUT2D eigenvalue weighted by molar-refractivity contribution is -0.937. The molecule has 1 aromatic carbocycles. The number of methoxy groups -OCH3 is 1. The first-order valence-corrected chi connectivity index (χ1v) is 5.99. The molecule has 96 valence electrons. The molecule has 0 aromatic heterocycles. The van der Waals surface area contributed by atoms with Crippen LogP contribution in [0.25, 0.3) is 0 Å². The van der Waals surface area contributed by atoms with E-state index in [0.29, 0.717) is 5.75 Å². The number of hydrogen-bond acceptors (Lipinski definition) is 2. The highest BCUT2D eigenvalue weighted by Gasteiger charge is 2.10. The number of phenols is 1. The first kappa shape index (κ1) is 13.8. The summed E-state index contributed by atoms with van der Waals surface area (Å²) in [6, 6.07) is 5.37. The Bertz CT molecular complexity index is 353. The van der Waals surface area contributed by atoms with Gasteiger partial charge in [0.15, 0.2) is 0 Å². The van der Waals surface area contributed by atoms with Gasteiger partial charge in [-0.25, -0.2) is 0 Å². The van der Waals surface area contributed by atoms with Crippen LogP contribution in [-0.2, 0) is 6.54 Å². The second-order valence-corrected chi connectivity index (χ2v) is 4.84. The molecule has 0 fully saturated rings. The Morgan fingerprint density at radius 2 is 1.88 bits per heavy atom. The van der Waals surface area contributed by atoms with E-state index in [0.717, 1.165) is 30.9 Å². The summed E-state index contributed by atoms with van der Waals surface area (Å²) in [5.41, 5.74) is 0.940. The number of phenolic OH excluding ortho intramolecular Hbond substituents is 1. The quantitative estimate of drug-likeness (QED) is 0.570. The van der Waals surface area contributed by atoms with E-state index in [-0.39, 0.29) is 0 Å². The van der Waals surface area contributed by atoms with E-state index in [4.69, 9.17) is 4.74 Å². The zero-order chi connectivity index (χ0) is 12.8. The van der Waals surface area contributed by atoms with Crippen molar-refractivity contribution < 1.29 is 19.6 Å². The van der Waals surface area contributed by atoms with Crippen molar-refractivity contribution in [2.45, 2.75) is 6.54 Å². The average Bonchev–Trinajstić information content (AvgIpc) is 2.29. The van der Waals surface area contributed by atoms with Gasteiger partial charge in [-0.15, -0.1) is 0 Å². The number of aromatic hydroxyl groups is 1. The summed E-state index contributed by atoms with van der Waals surface area (Å²) in [7, 11) is 8.08. The molecule has 0 saturated heterocycles. The van der Waals surface area contributed by atoms with Crippen molar-refractivity contribution in [1.82, 2.24) is 0 Å². The van der Waals surface area contributed by atoms with E-state index in [1.807, 2.05) is 6.07 Å². The number of quaternary nitrogens is 2. The summed E-state index contributed by atoms with van der Waals surface area (Å²) in [6.07, 6.45) is 0. The van der Waals surface area contributed by atoms with E-state index in [1.54, 1.807) is 19.2 Å². The van der Waals surface area contributed by atoms with Crippen LogP contribution in [-0.4, -0.2) is 46.4 Å². The van der Waals surface area contributed by atoms with Crippen LogP contribution in [0.5, 0.6) is 11.5 Å². The first-order chi connectivity index (χ1) is 8.02. The molecular weight excluding hydrogens is 216 g/mol. The molecule has 1 atom stereocenters. The molecule has 4 heteroatoms. The van der Waals surface area contributed by atoms with Gasteiger partial charge in [-0.05, 0) is 18.2 Å². The molecule has 3 N–H and O–H groups in total. The van der Waals surface area contributed by atoms with Crippen LogP contribution in [0, 0.1) is 0 Å². The smallest absolute Gasteiger partial charge is 0.127 e. The number of nitrogens with one attached hydrogen (secondary N) is 2. The fourth-order valence-electron chi connectivity index (χ4n) is 1.71. The Hall–Kier alpha value is -1.26.